The molecule has 116 valence electrons. The fourth-order valence-electron chi connectivity index (χ4n) is 2.83. The second kappa shape index (κ2) is 5.07. The van der Waals surface area contributed by atoms with Crippen molar-refractivity contribution in [1.82, 2.24) is 0 Å². The molecule has 0 radical (unpaired) electrons. The first-order valence-electron chi connectivity index (χ1n) is 6.43. The lowest BCUT2D eigenvalue weighted by molar-refractivity contribution is 0.412. The molecule has 0 heterocycles. The van der Waals surface area contributed by atoms with Gasteiger partial charge in [0, 0.05) is 11.1 Å². The van der Waals surface area contributed by atoms with Crippen LogP contribution in [0.3, 0.4) is 0 Å². The average Bonchev–Trinajstić information content (AvgIpc) is 2.89. The fourth-order valence-corrected chi connectivity index (χ4v) is 2.83. The zero-order chi connectivity index (χ0) is 16.1. The highest BCUT2D eigenvalue weighted by atomic mass is 19.3. The summed E-state index contributed by atoms with van der Waals surface area (Å²) in [5, 5.41) is 0. The number of rotatable bonds is 3. The lowest BCUT2D eigenvalue weighted by Crippen LogP contribution is -2.08. The zero-order valence-electron chi connectivity index (χ0n) is 11.7. The van der Waals surface area contributed by atoms with E-state index in [1.165, 1.54) is 0 Å². The Morgan fingerprint density at radius 2 is 1.48 bits per heavy atom. The largest absolute Gasteiger partial charge is 0.266 e. The van der Waals surface area contributed by atoms with E-state index in [0.29, 0.717) is 0 Å². The normalized spacial score (nSPS) is 23.1. The van der Waals surface area contributed by atoms with Gasteiger partial charge in [-0.2, -0.15) is 8.78 Å². The van der Waals surface area contributed by atoms with Crippen molar-refractivity contribution in [2.24, 2.45) is 17.3 Å². The van der Waals surface area contributed by atoms with Crippen LogP contribution in [0, 0.1) is 47.4 Å². The van der Waals surface area contributed by atoms with Gasteiger partial charge in [0.25, 0.3) is 6.08 Å². The second-order valence-electron chi connectivity index (χ2n) is 5.97. The van der Waals surface area contributed by atoms with Crippen LogP contribution in [0.1, 0.15) is 25.0 Å². The van der Waals surface area contributed by atoms with E-state index < -0.39 is 57.7 Å². The smallest absolute Gasteiger partial charge is 0.203 e. The molecule has 0 aromatic heterocycles. The van der Waals surface area contributed by atoms with Crippen LogP contribution in [0.4, 0.5) is 26.3 Å². The topological polar surface area (TPSA) is 0 Å². The number of benzene rings is 1. The highest BCUT2D eigenvalue weighted by Gasteiger charge is 2.56. The molecule has 1 aromatic rings. The van der Waals surface area contributed by atoms with Gasteiger partial charge in [-0.1, -0.05) is 13.8 Å². The maximum Gasteiger partial charge on any atom is 0.266 e. The lowest BCUT2D eigenvalue weighted by atomic mass is 10.00. The Bertz CT molecular complexity index is 584. The first-order valence-corrected chi connectivity index (χ1v) is 6.43. The number of hydrogen-bond acceptors (Lipinski definition) is 0. The first-order chi connectivity index (χ1) is 9.59. The summed E-state index contributed by atoms with van der Waals surface area (Å²) in [6, 6.07) is 0. The van der Waals surface area contributed by atoms with Crippen LogP contribution in [0.15, 0.2) is 12.2 Å². The quantitative estimate of drug-likeness (QED) is 0.535. The van der Waals surface area contributed by atoms with E-state index >= 15 is 0 Å². The third-order valence-corrected chi connectivity index (χ3v) is 4.44. The Labute approximate surface area is 118 Å². The molecule has 1 fully saturated rings. The SMILES string of the molecule is Cc1c(F)c(F)c(CC2C(C=C(F)F)C2(C)C)c(F)c1F. The Hall–Kier alpha value is -1.46. The second-order valence-corrected chi connectivity index (χ2v) is 5.97. The van der Waals surface area contributed by atoms with E-state index in [9.17, 15) is 26.3 Å². The van der Waals surface area contributed by atoms with Crippen molar-refractivity contribution >= 4 is 0 Å². The number of allylic oxidation sites excluding steroid dienone is 1. The predicted octanol–water partition coefficient (Wildman–Crippen LogP) is 5.15. The van der Waals surface area contributed by atoms with Gasteiger partial charge in [0.05, 0.1) is 0 Å². The molecule has 1 aliphatic carbocycles. The highest BCUT2D eigenvalue weighted by Crippen LogP contribution is 2.61. The predicted molar refractivity (Wildman–Crippen MR) is 65.8 cm³/mol. The van der Waals surface area contributed by atoms with Crippen LogP contribution in [0.2, 0.25) is 0 Å². The van der Waals surface area contributed by atoms with Crippen molar-refractivity contribution in [3.63, 3.8) is 0 Å². The van der Waals surface area contributed by atoms with Crippen molar-refractivity contribution in [2.75, 3.05) is 0 Å². The third kappa shape index (κ3) is 2.56. The van der Waals surface area contributed by atoms with Gasteiger partial charge in [-0.3, -0.25) is 0 Å². The summed E-state index contributed by atoms with van der Waals surface area (Å²) >= 11 is 0. The Kier molecular flexibility index (Phi) is 3.84. The molecular weight excluding hydrogens is 294 g/mol. The molecule has 0 bridgehead atoms. The minimum Gasteiger partial charge on any atom is -0.203 e. The van der Waals surface area contributed by atoms with Crippen LogP contribution in [-0.2, 0) is 6.42 Å². The maximum atomic E-state index is 13.8. The van der Waals surface area contributed by atoms with E-state index in [4.69, 9.17) is 0 Å². The van der Waals surface area contributed by atoms with Gasteiger partial charge in [0.2, 0.25) is 0 Å². The minimum absolute atomic E-state index is 0.326. The summed E-state index contributed by atoms with van der Waals surface area (Å²) in [6.07, 6.45) is -1.48. The van der Waals surface area contributed by atoms with Crippen molar-refractivity contribution < 1.29 is 26.3 Å². The first kappa shape index (κ1) is 15.9. The average molecular weight is 308 g/mol. The minimum atomic E-state index is -1.88. The lowest BCUT2D eigenvalue weighted by Gasteiger charge is -2.10. The van der Waals surface area contributed by atoms with Gasteiger partial charge in [-0.15, -0.1) is 0 Å². The molecule has 1 aliphatic rings. The molecule has 2 atom stereocenters. The molecule has 21 heavy (non-hydrogen) atoms. The Morgan fingerprint density at radius 3 is 1.90 bits per heavy atom. The van der Waals surface area contributed by atoms with E-state index in [1.54, 1.807) is 13.8 Å². The van der Waals surface area contributed by atoms with Gasteiger partial charge < -0.3 is 0 Å². The monoisotopic (exact) mass is 308 g/mol. The summed E-state index contributed by atoms with van der Waals surface area (Å²) in [5.74, 6) is -6.84. The molecule has 6 heteroatoms. The van der Waals surface area contributed by atoms with Crippen LogP contribution in [0.25, 0.3) is 0 Å². The van der Waals surface area contributed by atoms with Crippen LogP contribution < -0.4 is 0 Å². The van der Waals surface area contributed by atoms with Crippen LogP contribution in [0.5, 0.6) is 0 Å². The standard InChI is InChI=1S/C15H14F6/c1-6-11(18)13(20)7(14(21)12(6)19)4-8-9(5-10(16)17)15(8,2)3/h5,8-9H,4H2,1-3H3. The molecule has 2 rings (SSSR count). The van der Waals surface area contributed by atoms with Crippen molar-refractivity contribution in [2.45, 2.75) is 27.2 Å². The molecule has 0 N–H and O–H groups in total. The molecule has 0 aliphatic heterocycles. The highest BCUT2D eigenvalue weighted by molar-refractivity contribution is 5.31. The number of hydrogen-bond donors (Lipinski definition) is 0. The van der Waals surface area contributed by atoms with Crippen LogP contribution in [-0.4, -0.2) is 0 Å². The van der Waals surface area contributed by atoms with E-state index in [2.05, 4.69) is 0 Å². The molecule has 0 amide bonds. The number of halogens is 6. The van der Waals surface area contributed by atoms with Gasteiger partial charge >= 0.3 is 0 Å². The molecule has 2 unspecified atom stereocenters. The summed E-state index contributed by atoms with van der Waals surface area (Å²) in [7, 11) is 0. The van der Waals surface area contributed by atoms with Gasteiger partial charge in [-0.25, -0.2) is 17.6 Å². The van der Waals surface area contributed by atoms with Gasteiger partial charge in [0.15, 0.2) is 23.3 Å². The third-order valence-electron chi connectivity index (χ3n) is 4.44. The maximum absolute atomic E-state index is 13.8. The van der Waals surface area contributed by atoms with Gasteiger partial charge in [0.1, 0.15) is 0 Å². The molecule has 0 saturated heterocycles. The molecule has 0 nitrogen and oxygen atoms in total. The Morgan fingerprint density at radius 1 is 1.00 bits per heavy atom. The molecule has 0 spiro atoms. The molecule has 1 aromatic carbocycles. The van der Waals surface area contributed by atoms with Crippen molar-refractivity contribution in [3.8, 4) is 0 Å². The van der Waals surface area contributed by atoms with E-state index in [1.807, 2.05) is 0 Å². The van der Waals surface area contributed by atoms with Crippen molar-refractivity contribution in [1.29, 1.82) is 0 Å². The van der Waals surface area contributed by atoms with Crippen LogP contribution >= 0.6 is 0 Å². The van der Waals surface area contributed by atoms with E-state index in [-0.39, 0.29) is 6.42 Å². The summed E-state index contributed by atoms with van der Waals surface area (Å²) in [4.78, 5) is 0. The van der Waals surface area contributed by atoms with Crippen molar-refractivity contribution in [3.05, 3.63) is 46.6 Å². The zero-order valence-corrected chi connectivity index (χ0v) is 11.7. The van der Waals surface area contributed by atoms with E-state index in [0.717, 1.165) is 13.0 Å². The van der Waals surface area contributed by atoms with Gasteiger partial charge in [-0.05, 0) is 36.7 Å². The summed E-state index contributed by atoms with van der Waals surface area (Å²) in [6.45, 7) is 4.27. The molecule has 1 saturated carbocycles. The molecular formula is C15H14F6. The summed E-state index contributed by atoms with van der Waals surface area (Å²) < 4.78 is 79.2. The summed E-state index contributed by atoms with van der Waals surface area (Å²) in [5.41, 5.74) is -2.04. The Balaban J connectivity index is 2.36. The fraction of sp³-hybridized carbons (Fsp3) is 0.467.